The number of nitrogens with two attached hydrogens (primary N) is 2. The molecule has 0 aromatic carbocycles. The van der Waals surface area contributed by atoms with Gasteiger partial charge in [-0.2, -0.15) is 0 Å². The van der Waals surface area contributed by atoms with Crippen LogP contribution in [0, 0.1) is 0 Å². The minimum atomic E-state index is -0.608. The van der Waals surface area contributed by atoms with Crippen molar-refractivity contribution in [1.82, 2.24) is 0 Å². The van der Waals surface area contributed by atoms with E-state index in [0.717, 1.165) is 0 Å². The standard InChI is InChI=1S/C8H16N2O3/c1-13-8(12)7(10)4-2-3-6(9)5-11/h5-7H,2-4,9-10H2,1H3/t6?,7-/m0/s1. The topological polar surface area (TPSA) is 95.4 Å². The van der Waals surface area contributed by atoms with E-state index in [-0.39, 0.29) is 0 Å². The number of carbonyl (C=O) groups is 2. The van der Waals surface area contributed by atoms with Crippen LogP contribution in [0.3, 0.4) is 0 Å². The van der Waals surface area contributed by atoms with Crippen LogP contribution in [-0.2, 0) is 14.3 Å². The van der Waals surface area contributed by atoms with Gasteiger partial charge in [0.25, 0.3) is 0 Å². The fourth-order valence-electron chi connectivity index (χ4n) is 0.911. The SMILES string of the molecule is COC(=O)[C@@H](N)CCCC(N)C=O. The third kappa shape index (κ3) is 5.32. The van der Waals surface area contributed by atoms with E-state index in [1.807, 2.05) is 0 Å². The monoisotopic (exact) mass is 188 g/mol. The van der Waals surface area contributed by atoms with Crippen molar-refractivity contribution in [1.29, 1.82) is 0 Å². The van der Waals surface area contributed by atoms with E-state index in [1.165, 1.54) is 7.11 Å². The largest absolute Gasteiger partial charge is 0.468 e. The molecule has 0 heterocycles. The molecule has 0 saturated carbocycles. The fraction of sp³-hybridized carbons (Fsp3) is 0.750. The maximum Gasteiger partial charge on any atom is 0.322 e. The van der Waals surface area contributed by atoms with E-state index in [4.69, 9.17) is 11.5 Å². The lowest BCUT2D eigenvalue weighted by molar-refractivity contribution is -0.142. The van der Waals surface area contributed by atoms with Gasteiger partial charge in [-0.15, -0.1) is 0 Å². The Kier molecular flexibility index (Phi) is 6.09. The molecule has 13 heavy (non-hydrogen) atoms. The van der Waals surface area contributed by atoms with E-state index in [9.17, 15) is 9.59 Å². The Morgan fingerprint density at radius 3 is 2.54 bits per heavy atom. The normalized spacial score (nSPS) is 14.7. The second kappa shape index (κ2) is 6.56. The molecular weight excluding hydrogens is 172 g/mol. The van der Waals surface area contributed by atoms with Crippen molar-refractivity contribution in [3.63, 3.8) is 0 Å². The second-order valence-corrected chi connectivity index (χ2v) is 2.86. The van der Waals surface area contributed by atoms with Crippen LogP contribution in [0.25, 0.3) is 0 Å². The summed E-state index contributed by atoms with van der Waals surface area (Å²) in [7, 11) is 1.29. The minimum absolute atomic E-state index is 0.431. The molecule has 0 aromatic rings. The van der Waals surface area contributed by atoms with Crippen LogP contribution in [-0.4, -0.2) is 31.4 Å². The van der Waals surface area contributed by atoms with Gasteiger partial charge in [0, 0.05) is 0 Å². The van der Waals surface area contributed by atoms with Gasteiger partial charge in [-0.05, 0) is 19.3 Å². The molecule has 0 aliphatic carbocycles. The lowest BCUT2D eigenvalue weighted by atomic mass is 10.1. The predicted molar refractivity (Wildman–Crippen MR) is 47.9 cm³/mol. The zero-order valence-electron chi connectivity index (χ0n) is 7.73. The predicted octanol–water partition coefficient (Wildman–Crippen LogP) is -0.817. The van der Waals surface area contributed by atoms with Crippen molar-refractivity contribution >= 4 is 12.3 Å². The van der Waals surface area contributed by atoms with Gasteiger partial charge in [0.05, 0.1) is 13.2 Å². The zero-order valence-corrected chi connectivity index (χ0v) is 7.73. The minimum Gasteiger partial charge on any atom is -0.468 e. The Labute approximate surface area is 77.4 Å². The third-order valence-corrected chi connectivity index (χ3v) is 1.73. The van der Waals surface area contributed by atoms with Crippen LogP contribution in [0.5, 0.6) is 0 Å². The summed E-state index contributed by atoms with van der Waals surface area (Å²) in [5.74, 6) is -0.431. The molecule has 0 fully saturated rings. The first-order chi connectivity index (χ1) is 6.11. The second-order valence-electron chi connectivity index (χ2n) is 2.86. The van der Waals surface area contributed by atoms with Gasteiger partial charge in [-0.25, -0.2) is 0 Å². The summed E-state index contributed by atoms with van der Waals surface area (Å²) in [6.45, 7) is 0. The molecule has 76 valence electrons. The third-order valence-electron chi connectivity index (χ3n) is 1.73. The van der Waals surface area contributed by atoms with Crippen LogP contribution in [0.1, 0.15) is 19.3 Å². The van der Waals surface area contributed by atoms with Crippen molar-refractivity contribution in [3.05, 3.63) is 0 Å². The van der Waals surface area contributed by atoms with Crippen molar-refractivity contribution in [2.24, 2.45) is 11.5 Å². The molecule has 0 bridgehead atoms. The van der Waals surface area contributed by atoms with E-state index in [0.29, 0.717) is 25.5 Å². The smallest absolute Gasteiger partial charge is 0.322 e. The molecular formula is C8H16N2O3. The van der Waals surface area contributed by atoms with Crippen molar-refractivity contribution in [3.8, 4) is 0 Å². The molecule has 0 aliphatic rings. The quantitative estimate of drug-likeness (QED) is 0.419. The molecule has 0 aliphatic heterocycles. The van der Waals surface area contributed by atoms with Gasteiger partial charge in [0.1, 0.15) is 12.3 Å². The number of aldehydes is 1. The van der Waals surface area contributed by atoms with E-state index >= 15 is 0 Å². The molecule has 0 aromatic heterocycles. The van der Waals surface area contributed by atoms with Gasteiger partial charge in [0.15, 0.2) is 0 Å². The molecule has 1 unspecified atom stereocenters. The molecule has 0 saturated heterocycles. The number of carbonyl (C=O) groups excluding carboxylic acids is 2. The first-order valence-corrected chi connectivity index (χ1v) is 4.16. The highest BCUT2D eigenvalue weighted by Crippen LogP contribution is 2.01. The van der Waals surface area contributed by atoms with Crippen LogP contribution in [0.2, 0.25) is 0 Å². The molecule has 5 nitrogen and oxygen atoms in total. The summed E-state index contributed by atoms with van der Waals surface area (Å²) in [4.78, 5) is 20.9. The van der Waals surface area contributed by atoms with Crippen LogP contribution in [0.4, 0.5) is 0 Å². The molecule has 2 atom stereocenters. The number of esters is 1. The molecule has 0 amide bonds. The number of hydrogen-bond acceptors (Lipinski definition) is 5. The maximum atomic E-state index is 10.8. The van der Waals surface area contributed by atoms with Crippen LogP contribution < -0.4 is 11.5 Å². The summed E-state index contributed by atoms with van der Waals surface area (Å²) >= 11 is 0. The van der Waals surface area contributed by atoms with Crippen molar-refractivity contribution in [2.75, 3.05) is 7.11 Å². The highest BCUT2D eigenvalue weighted by Gasteiger charge is 2.13. The number of ether oxygens (including phenoxy) is 1. The first kappa shape index (κ1) is 12.1. The summed E-state index contributed by atoms with van der Waals surface area (Å²) in [6.07, 6.45) is 2.38. The maximum absolute atomic E-state index is 10.8. The summed E-state index contributed by atoms with van der Waals surface area (Å²) < 4.78 is 4.43. The molecule has 5 heteroatoms. The Morgan fingerprint density at radius 2 is 2.08 bits per heavy atom. The van der Waals surface area contributed by atoms with Crippen LogP contribution >= 0.6 is 0 Å². The van der Waals surface area contributed by atoms with E-state index in [2.05, 4.69) is 4.74 Å². The lowest BCUT2D eigenvalue weighted by Crippen LogP contribution is -2.32. The first-order valence-electron chi connectivity index (χ1n) is 4.16. The van der Waals surface area contributed by atoms with Crippen LogP contribution in [0.15, 0.2) is 0 Å². The summed E-state index contributed by atoms with van der Waals surface area (Å²) in [5, 5.41) is 0. The highest BCUT2D eigenvalue weighted by molar-refractivity contribution is 5.75. The Hall–Kier alpha value is -0.940. The molecule has 0 rings (SSSR count). The Balaban J connectivity index is 3.52. The summed E-state index contributed by atoms with van der Waals surface area (Å²) in [6, 6.07) is -1.06. The number of rotatable bonds is 6. The zero-order chi connectivity index (χ0) is 10.3. The Morgan fingerprint density at radius 1 is 1.46 bits per heavy atom. The van der Waals surface area contributed by atoms with E-state index in [1.54, 1.807) is 0 Å². The number of hydrogen-bond donors (Lipinski definition) is 2. The highest BCUT2D eigenvalue weighted by atomic mass is 16.5. The lowest BCUT2D eigenvalue weighted by Gasteiger charge is -2.09. The average molecular weight is 188 g/mol. The van der Waals surface area contributed by atoms with Gasteiger partial charge >= 0.3 is 5.97 Å². The average Bonchev–Trinajstić information content (AvgIpc) is 2.15. The molecule has 4 N–H and O–H groups in total. The van der Waals surface area contributed by atoms with Gasteiger partial charge < -0.3 is 21.0 Å². The molecule has 0 spiro atoms. The van der Waals surface area contributed by atoms with Crippen molar-refractivity contribution < 1.29 is 14.3 Å². The number of methoxy groups -OCH3 is 1. The van der Waals surface area contributed by atoms with Gasteiger partial charge in [-0.3, -0.25) is 4.79 Å². The van der Waals surface area contributed by atoms with Gasteiger partial charge in [-0.1, -0.05) is 0 Å². The summed E-state index contributed by atoms with van der Waals surface area (Å²) in [5.41, 5.74) is 10.8. The van der Waals surface area contributed by atoms with E-state index < -0.39 is 18.1 Å². The Bertz CT molecular complexity index is 173. The molecule has 0 radical (unpaired) electrons. The fourth-order valence-corrected chi connectivity index (χ4v) is 0.911. The van der Waals surface area contributed by atoms with Gasteiger partial charge in [0.2, 0.25) is 0 Å². The van der Waals surface area contributed by atoms with Crippen molar-refractivity contribution in [2.45, 2.75) is 31.3 Å².